The average Bonchev–Trinajstić information content (AvgIpc) is 2.74. The number of aromatic nitrogens is 3. The van der Waals surface area contributed by atoms with Crippen molar-refractivity contribution in [1.29, 1.82) is 0 Å². The van der Waals surface area contributed by atoms with Crippen molar-refractivity contribution >= 4 is 5.91 Å². The summed E-state index contributed by atoms with van der Waals surface area (Å²) in [6.07, 6.45) is -0.0854. The molecule has 1 aliphatic rings. The second-order valence-electron chi connectivity index (χ2n) is 3.52. The largest absolute Gasteiger partial charge is 0.376 e. The molecule has 0 aromatic carbocycles. The molecule has 2 heterocycles. The number of hydrogen-bond donors (Lipinski definition) is 2. The third-order valence-electron chi connectivity index (χ3n) is 2.18. The van der Waals surface area contributed by atoms with E-state index >= 15 is 0 Å². The molecule has 0 spiro atoms. The van der Waals surface area contributed by atoms with Crippen molar-refractivity contribution in [3.05, 3.63) is 11.6 Å². The fourth-order valence-corrected chi connectivity index (χ4v) is 1.38. The van der Waals surface area contributed by atoms with Gasteiger partial charge in [0.15, 0.2) is 0 Å². The Morgan fingerprint density at radius 2 is 2.50 bits per heavy atom. The van der Waals surface area contributed by atoms with Gasteiger partial charge < -0.3 is 14.8 Å². The fourth-order valence-electron chi connectivity index (χ4n) is 1.38. The smallest absolute Gasteiger partial charge is 0.291 e. The maximum Gasteiger partial charge on any atom is 0.291 e. The molecule has 0 saturated carbocycles. The molecule has 88 valence electrons. The van der Waals surface area contributed by atoms with Crippen LogP contribution in [0.15, 0.2) is 0 Å². The molecule has 1 atom stereocenters. The van der Waals surface area contributed by atoms with Gasteiger partial charge in [0.25, 0.3) is 5.91 Å². The van der Waals surface area contributed by atoms with Gasteiger partial charge in [-0.15, -0.1) is 5.10 Å². The molecule has 0 radical (unpaired) electrons. The molecule has 0 bridgehead atoms. The van der Waals surface area contributed by atoms with Gasteiger partial charge in [-0.2, -0.15) is 0 Å². The van der Waals surface area contributed by atoms with Crippen LogP contribution in [0.2, 0.25) is 0 Å². The zero-order valence-electron chi connectivity index (χ0n) is 9.02. The zero-order valence-corrected chi connectivity index (χ0v) is 9.02. The van der Waals surface area contributed by atoms with Crippen LogP contribution in [-0.4, -0.2) is 53.6 Å². The number of carbonyl (C=O) groups excluding carboxylic acids is 1. The minimum Gasteiger partial charge on any atom is -0.376 e. The van der Waals surface area contributed by atoms with E-state index in [9.17, 15) is 4.79 Å². The van der Waals surface area contributed by atoms with Crippen molar-refractivity contribution in [3.63, 3.8) is 0 Å². The minimum absolute atomic E-state index is 0.0854. The van der Waals surface area contributed by atoms with E-state index in [0.29, 0.717) is 32.2 Å². The average molecular weight is 226 g/mol. The highest BCUT2D eigenvalue weighted by Gasteiger charge is 2.17. The lowest BCUT2D eigenvalue weighted by molar-refractivity contribution is -0.0855. The Hall–Kier alpha value is -1.47. The zero-order chi connectivity index (χ0) is 11.4. The Balaban J connectivity index is 1.79. The van der Waals surface area contributed by atoms with Crippen molar-refractivity contribution in [2.75, 3.05) is 26.4 Å². The number of aromatic amines is 1. The maximum absolute atomic E-state index is 11.5. The first kappa shape index (κ1) is 11.0. The van der Waals surface area contributed by atoms with Gasteiger partial charge in [-0.1, -0.05) is 0 Å². The number of aryl methyl sites for hydroxylation is 1. The second-order valence-corrected chi connectivity index (χ2v) is 3.52. The van der Waals surface area contributed by atoms with E-state index in [1.165, 1.54) is 0 Å². The standard InChI is InChI=1S/C9H14N4O3/c1-6-11-8(13-12-6)9(14)10-4-7-5-15-2-3-16-7/h7H,2-5H2,1H3,(H,10,14)(H,11,12,13). The van der Waals surface area contributed by atoms with Crippen LogP contribution < -0.4 is 5.32 Å². The number of amides is 1. The molecular weight excluding hydrogens is 212 g/mol. The third kappa shape index (κ3) is 2.77. The summed E-state index contributed by atoms with van der Waals surface area (Å²) in [7, 11) is 0. The number of nitrogens with zero attached hydrogens (tertiary/aromatic N) is 2. The van der Waals surface area contributed by atoms with Crippen LogP contribution in [0.5, 0.6) is 0 Å². The molecular formula is C9H14N4O3. The summed E-state index contributed by atoms with van der Waals surface area (Å²) in [6.45, 7) is 3.84. The highest BCUT2D eigenvalue weighted by atomic mass is 16.6. The summed E-state index contributed by atoms with van der Waals surface area (Å²) in [5.41, 5.74) is 0. The first-order chi connectivity index (χ1) is 7.75. The van der Waals surface area contributed by atoms with Crippen LogP contribution in [-0.2, 0) is 9.47 Å². The number of rotatable bonds is 3. The fraction of sp³-hybridized carbons (Fsp3) is 0.667. The van der Waals surface area contributed by atoms with Gasteiger partial charge in [-0.25, -0.2) is 4.98 Å². The van der Waals surface area contributed by atoms with Gasteiger partial charge in [0, 0.05) is 6.54 Å². The van der Waals surface area contributed by atoms with Crippen LogP contribution in [0.25, 0.3) is 0 Å². The van der Waals surface area contributed by atoms with E-state index in [1.54, 1.807) is 6.92 Å². The van der Waals surface area contributed by atoms with Gasteiger partial charge >= 0.3 is 0 Å². The molecule has 2 N–H and O–H groups in total. The van der Waals surface area contributed by atoms with Crippen molar-refractivity contribution in [1.82, 2.24) is 20.5 Å². The molecule has 16 heavy (non-hydrogen) atoms. The predicted molar refractivity (Wildman–Crippen MR) is 54.0 cm³/mol. The molecule has 1 aliphatic heterocycles. The van der Waals surface area contributed by atoms with E-state index in [1.807, 2.05) is 0 Å². The Kier molecular flexibility index (Phi) is 3.47. The van der Waals surface area contributed by atoms with E-state index in [2.05, 4.69) is 20.5 Å². The lowest BCUT2D eigenvalue weighted by Crippen LogP contribution is -2.40. The topological polar surface area (TPSA) is 89.1 Å². The highest BCUT2D eigenvalue weighted by Crippen LogP contribution is 1.99. The molecule has 7 heteroatoms. The summed E-state index contributed by atoms with van der Waals surface area (Å²) < 4.78 is 10.6. The normalized spacial score (nSPS) is 20.7. The summed E-state index contributed by atoms with van der Waals surface area (Å²) in [5.74, 6) is 0.454. The quantitative estimate of drug-likeness (QED) is 0.708. The van der Waals surface area contributed by atoms with Gasteiger partial charge in [0.1, 0.15) is 5.82 Å². The number of nitrogens with one attached hydrogen (secondary N) is 2. The Morgan fingerprint density at radius 1 is 1.62 bits per heavy atom. The summed E-state index contributed by atoms with van der Waals surface area (Å²) in [6, 6.07) is 0. The molecule has 1 aromatic rings. The lowest BCUT2D eigenvalue weighted by atomic mass is 10.3. The summed E-state index contributed by atoms with van der Waals surface area (Å²) in [5, 5.41) is 9.06. The predicted octanol–water partition coefficient (Wildman–Crippen LogP) is -0.742. The van der Waals surface area contributed by atoms with Crippen molar-refractivity contribution in [2.24, 2.45) is 0 Å². The molecule has 7 nitrogen and oxygen atoms in total. The number of hydrogen-bond acceptors (Lipinski definition) is 5. The van der Waals surface area contributed by atoms with Gasteiger partial charge in [0.2, 0.25) is 5.82 Å². The van der Waals surface area contributed by atoms with E-state index in [-0.39, 0.29) is 17.8 Å². The third-order valence-corrected chi connectivity index (χ3v) is 2.18. The van der Waals surface area contributed by atoms with Gasteiger partial charge in [-0.05, 0) is 6.92 Å². The van der Waals surface area contributed by atoms with Crippen LogP contribution in [0.4, 0.5) is 0 Å². The Bertz CT molecular complexity index is 359. The minimum atomic E-state index is -0.307. The SMILES string of the molecule is Cc1nc(C(=O)NCC2COCCO2)n[nH]1. The van der Waals surface area contributed by atoms with Gasteiger partial charge in [-0.3, -0.25) is 9.89 Å². The van der Waals surface area contributed by atoms with Crippen molar-refractivity contribution in [2.45, 2.75) is 13.0 Å². The first-order valence-corrected chi connectivity index (χ1v) is 5.12. The first-order valence-electron chi connectivity index (χ1n) is 5.12. The van der Waals surface area contributed by atoms with Crippen LogP contribution >= 0.6 is 0 Å². The van der Waals surface area contributed by atoms with E-state index in [4.69, 9.17) is 9.47 Å². The van der Waals surface area contributed by atoms with Gasteiger partial charge in [0.05, 0.1) is 25.9 Å². The monoisotopic (exact) mass is 226 g/mol. The summed E-state index contributed by atoms with van der Waals surface area (Å²) >= 11 is 0. The van der Waals surface area contributed by atoms with Crippen LogP contribution in [0, 0.1) is 6.92 Å². The molecule has 1 fully saturated rings. The molecule has 2 rings (SSSR count). The van der Waals surface area contributed by atoms with Crippen LogP contribution in [0.1, 0.15) is 16.4 Å². The molecule has 1 unspecified atom stereocenters. The maximum atomic E-state index is 11.5. The Labute approximate surface area is 92.5 Å². The molecule has 1 aromatic heterocycles. The van der Waals surface area contributed by atoms with E-state index in [0.717, 1.165) is 0 Å². The number of H-pyrrole nitrogens is 1. The van der Waals surface area contributed by atoms with Crippen LogP contribution in [0.3, 0.4) is 0 Å². The molecule has 1 saturated heterocycles. The summed E-state index contributed by atoms with van der Waals surface area (Å²) in [4.78, 5) is 15.5. The lowest BCUT2D eigenvalue weighted by Gasteiger charge is -2.22. The molecule has 0 aliphatic carbocycles. The van der Waals surface area contributed by atoms with Crippen molar-refractivity contribution < 1.29 is 14.3 Å². The van der Waals surface area contributed by atoms with E-state index < -0.39 is 0 Å². The Morgan fingerprint density at radius 3 is 3.12 bits per heavy atom. The second kappa shape index (κ2) is 5.04. The highest BCUT2D eigenvalue weighted by molar-refractivity contribution is 5.90. The number of carbonyl (C=O) groups is 1. The molecule has 1 amide bonds. The van der Waals surface area contributed by atoms with Crippen molar-refractivity contribution in [3.8, 4) is 0 Å². The number of ether oxygens (including phenoxy) is 2.